The Morgan fingerprint density at radius 1 is 0.517 bits per heavy atom. The Balaban J connectivity index is -0.0000000873. The molecule has 0 aromatic carbocycles. The molecule has 0 amide bonds. The van der Waals surface area contributed by atoms with Crippen molar-refractivity contribution in [2.45, 2.75) is 77.8 Å². The molecular weight excluding hydrogens is 503 g/mol. The van der Waals surface area contributed by atoms with E-state index >= 15 is 0 Å². The van der Waals surface area contributed by atoms with E-state index in [4.69, 9.17) is 20.4 Å². The molecule has 0 radical (unpaired) electrons. The number of aliphatic hydroxyl groups excluding tert-OH is 4. The second-order valence-corrected chi connectivity index (χ2v) is 4.97. The van der Waals surface area contributed by atoms with Gasteiger partial charge in [0.05, 0.1) is 48.3 Å². The van der Waals surface area contributed by atoms with Crippen LogP contribution in [0.15, 0.2) is 0 Å². The van der Waals surface area contributed by atoms with Crippen LogP contribution in [0.3, 0.4) is 0 Å². The van der Waals surface area contributed by atoms with Crippen LogP contribution in [0, 0.1) is 0 Å². The Labute approximate surface area is 185 Å². The molecule has 0 spiro atoms. The number of carbonyl (C=O) groups excluding carboxylic acids is 4. The molecule has 0 rings (SSSR count). The molecule has 12 nitrogen and oxygen atoms in total. The van der Waals surface area contributed by atoms with Crippen molar-refractivity contribution in [3.63, 3.8) is 0 Å². The van der Waals surface area contributed by atoms with Crippen LogP contribution in [-0.2, 0) is 19.2 Å². The van der Waals surface area contributed by atoms with Crippen LogP contribution in [0.1, 0.15) is 53.4 Å². The Hall–Kier alpha value is -1.48. The van der Waals surface area contributed by atoms with Crippen LogP contribution in [-0.4, -0.2) is 92.6 Å². The summed E-state index contributed by atoms with van der Waals surface area (Å²) in [6, 6.07) is 0. The van der Waals surface area contributed by atoms with Crippen molar-refractivity contribution in [2.75, 3.05) is 0 Å². The maximum atomic E-state index is 9.57. The average molecular weight is 531 g/mol. The van der Waals surface area contributed by atoms with Gasteiger partial charge in [-0.1, -0.05) is 27.7 Å². The fourth-order valence-electron chi connectivity index (χ4n) is 0.667. The SMILES string of the molecule is CCC(O)C(=O)[O-].CCC(O)C(=O)[O-].CCC(O)C(=O)[O-].CCC(O)C(=O)[O-].[Sn+4]. The van der Waals surface area contributed by atoms with Crippen molar-refractivity contribution in [1.82, 2.24) is 0 Å². The molecule has 13 heteroatoms. The third-order valence-corrected chi connectivity index (χ3v) is 2.64. The molecule has 29 heavy (non-hydrogen) atoms. The summed E-state index contributed by atoms with van der Waals surface area (Å²) in [6.07, 6.45) is -4.32. The zero-order valence-corrected chi connectivity index (χ0v) is 19.5. The second kappa shape index (κ2) is 24.6. The molecule has 0 heterocycles. The molecule has 168 valence electrons. The topological polar surface area (TPSA) is 241 Å². The third-order valence-electron chi connectivity index (χ3n) is 2.64. The van der Waals surface area contributed by atoms with Crippen molar-refractivity contribution >= 4 is 47.8 Å². The van der Waals surface area contributed by atoms with Crippen LogP contribution in [0.25, 0.3) is 0 Å². The van der Waals surface area contributed by atoms with Crippen molar-refractivity contribution in [1.29, 1.82) is 0 Å². The van der Waals surface area contributed by atoms with Gasteiger partial charge in [0.15, 0.2) is 0 Å². The molecule has 0 aromatic rings. The molecule has 0 saturated heterocycles. The molecule has 0 aliphatic heterocycles. The van der Waals surface area contributed by atoms with Crippen LogP contribution >= 0.6 is 0 Å². The van der Waals surface area contributed by atoms with E-state index in [1.54, 1.807) is 27.7 Å². The van der Waals surface area contributed by atoms with Crippen LogP contribution in [0.5, 0.6) is 0 Å². The van der Waals surface area contributed by atoms with Crippen LogP contribution in [0.4, 0.5) is 0 Å². The van der Waals surface area contributed by atoms with E-state index < -0.39 is 48.3 Å². The summed E-state index contributed by atoms with van der Waals surface area (Å²) in [5.74, 6) is -5.60. The number of hydrogen-bond acceptors (Lipinski definition) is 12. The average Bonchev–Trinajstić information content (AvgIpc) is 2.66. The molecular formula is C16H28O12Sn. The molecule has 0 aliphatic rings. The summed E-state index contributed by atoms with van der Waals surface area (Å²) in [6.45, 7) is 6.28. The Morgan fingerprint density at radius 3 is 0.621 bits per heavy atom. The number of hydrogen-bond donors (Lipinski definition) is 4. The summed E-state index contributed by atoms with van der Waals surface area (Å²) < 4.78 is 0. The molecule has 4 N–H and O–H groups in total. The van der Waals surface area contributed by atoms with E-state index in [1.165, 1.54) is 0 Å². The first-order valence-electron chi connectivity index (χ1n) is 8.28. The van der Waals surface area contributed by atoms with Crippen molar-refractivity contribution in [2.24, 2.45) is 0 Å². The first-order chi connectivity index (χ1) is 12.7. The normalized spacial score (nSPS) is 13.0. The number of carboxylic acid groups (broad SMARTS) is 4. The predicted molar refractivity (Wildman–Crippen MR) is 91.0 cm³/mol. The molecule has 0 saturated carbocycles. The second-order valence-electron chi connectivity index (χ2n) is 4.97. The number of rotatable bonds is 8. The summed E-state index contributed by atoms with van der Waals surface area (Å²) >= 11 is 0. The largest absolute Gasteiger partial charge is 4.00 e. The fraction of sp³-hybridized carbons (Fsp3) is 0.750. The van der Waals surface area contributed by atoms with Gasteiger partial charge in [0.25, 0.3) is 0 Å². The first kappa shape index (κ1) is 38.2. The van der Waals surface area contributed by atoms with E-state index in [0.717, 1.165) is 0 Å². The minimum absolute atomic E-state index is 0. The van der Waals surface area contributed by atoms with Crippen molar-refractivity contribution in [3.05, 3.63) is 0 Å². The first-order valence-corrected chi connectivity index (χ1v) is 8.28. The van der Waals surface area contributed by atoms with Gasteiger partial charge >= 0.3 is 23.9 Å². The summed E-state index contributed by atoms with van der Waals surface area (Å²) in [4.78, 5) is 38.3. The smallest absolute Gasteiger partial charge is 0.547 e. The standard InChI is InChI=1S/4C4H8O3.Sn/c4*1-2-3(5)4(6)7;/h4*3,5H,2H2,1H3,(H,6,7);/q;;;;+4/p-4. The number of aliphatic hydroxyl groups is 4. The molecule has 0 aromatic heterocycles. The van der Waals surface area contributed by atoms with Crippen LogP contribution < -0.4 is 20.4 Å². The van der Waals surface area contributed by atoms with E-state index in [9.17, 15) is 39.6 Å². The van der Waals surface area contributed by atoms with Gasteiger partial charge in [-0.15, -0.1) is 0 Å². The van der Waals surface area contributed by atoms with Gasteiger partial charge in [-0.2, -0.15) is 0 Å². The van der Waals surface area contributed by atoms with Crippen LogP contribution in [0.2, 0.25) is 0 Å². The molecule has 0 bridgehead atoms. The van der Waals surface area contributed by atoms with Gasteiger partial charge in [-0.25, -0.2) is 0 Å². The third kappa shape index (κ3) is 31.4. The maximum absolute atomic E-state index is 9.57. The molecule has 0 aliphatic carbocycles. The monoisotopic (exact) mass is 532 g/mol. The summed E-state index contributed by atoms with van der Waals surface area (Å²) in [7, 11) is 0. The Kier molecular flexibility index (Phi) is 32.3. The van der Waals surface area contributed by atoms with Gasteiger partial charge in [-0.05, 0) is 25.7 Å². The van der Waals surface area contributed by atoms with E-state index in [2.05, 4.69) is 0 Å². The molecule has 4 atom stereocenters. The Morgan fingerprint density at radius 2 is 0.621 bits per heavy atom. The van der Waals surface area contributed by atoms with E-state index in [1.807, 2.05) is 0 Å². The van der Waals surface area contributed by atoms with Gasteiger partial charge in [0.1, 0.15) is 0 Å². The maximum Gasteiger partial charge on any atom is 4.00 e. The van der Waals surface area contributed by atoms with Crippen molar-refractivity contribution in [3.8, 4) is 0 Å². The van der Waals surface area contributed by atoms with Gasteiger partial charge in [-0.3, -0.25) is 0 Å². The minimum atomic E-state index is -1.40. The fourth-order valence-corrected chi connectivity index (χ4v) is 0.667. The summed E-state index contributed by atoms with van der Waals surface area (Å²) in [5, 5.41) is 71.4. The zero-order valence-electron chi connectivity index (χ0n) is 16.7. The predicted octanol–water partition coefficient (Wildman–Crippen LogP) is -6.35. The number of carboxylic acids is 4. The number of carbonyl (C=O) groups is 4. The zero-order chi connectivity index (χ0) is 23.4. The quantitative estimate of drug-likeness (QED) is 0.214. The number of aliphatic carboxylic acids is 4. The summed E-state index contributed by atoms with van der Waals surface area (Å²) in [5.41, 5.74) is 0. The van der Waals surface area contributed by atoms with Crippen molar-refractivity contribution < 1.29 is 60.0 Å². The molecule has 4 unspecified atom stereocenters. The van der Waals surface area contributed by atoms with E-state index in [-0.39, 0.29) is 49.6 Å². The van der Waals surface area contributed by atoms with Gasteiger partial charge in [0.2, 0.25) is 0 Å². The van der Waals surface area contributed by atoms with Gasteiger partial charge in [0, 0.05) is 0 Å². The molecule has 0 fully saturated rings. The van der Waals surface area contributed by atoms with E-state index in [0.29, 0.717) is 0 Å². The Bertz CT molecular complexity index is 364. The van der Waals surface area contributed by atoms with Gasteiger partial charge < -0.3 is 60.0 Å². The minimum Gasteiger partial charge on any atom is -0.547 e.